The zero-order valence-corrected chi connectivity index (χ0v) is 12.2. The van der Waals surface area contributed by atoms with Crippen molar-refractivity contribution in [1.29, 1.82) is 0 Å². The summed E-state index contributed by atoms with van der Waals surface area (Å²) in [6.07, 6.45) is -0.240. The molecule has 2 atom stereocenters. The Morgan fingerprint density at radius 3 is 2.71 bits per heavy atom. The molecular weight excluding hydrogens is 266 g/mol. The highest BCUT2D eigenvalue weighted by molar-refractivity contribution is 5.43. The fourth-order valence-corrected chi connectivity index (χ4v) is 2.53. The van der Waals surface area contributed by atoms with E-state index in [1.54, 1.807) is 7.11 Å². The van der Waals surface area contributed by atoms with Gasteiger partial charge in [0.1, 0.15) is 12.4 Å². The van der Waals surface area contributed by atoms with Gasteiger partial charge in [0.2, 0.25) is 0 Å². The number of para-hydroxylation sites is 2. The molecule has 1 heterocycles. The van der Waals surface area contributed by atoms with Gasteiger partial charge < -0.3 is 19.9 Å². The van der Waals surface area contributed by atoms with Crippen LogP contribution in [0.5, 0.6) is 17.2 Å². The van der Waals surface area contributed by atoms with E-state index >= 15 is 0 Å². The molecule has 0 spiro atoms. The Bertz CT molecular complexity index is 642. The van der Waals surface area contributed by atoms with E-state index in [4.69, 9.17) is 19.9 Å². The summed E-state index contributed by atoms with van der Waals surface area (Å²) in [4.78, 5) is 0. The zero-order chi connectivity index (χ0) is 14.8. The van der Waals surface area contributed by atoms with Crippen molar-refractivity contribution in [2.45, 2.75) is 19.1 Å². The number of benzene rings is 2. The molecule has 1 aliphatic rings. The van der Waals surface area contributed by atoms with Crippen LogP contribution in [0.15, 0.2) is 42.5 Å². The van der Waals surface area contributed by atoms with Gasteiger partial charge in [0, 0.05) is 5.56 Å². The Morgan fingerprint density at radius 1 is 1.19 bits per heavy atom. The molecule has 4 heteroatoms. The summed E-state index contributed by atoms with van der Waals surface area (Å²) in [5.41, 5.74) is 8.46. The van der Waals surface area contributed by atoms with Gasteiger partial charge in [-0.2, -0.15) is 0 Å². The average molecular weight is 285 g/mol. The SMILES string of the molecule is COc1ccc(C)cc1C(N)C1COc2ccccc2O1. The number of hydrogen-bond acceptors (Lipinski definition) is 4. The van der Waals surface area contributed by atoms with Gasteiger partial charge >= 0.3 is 0 Å². The van der Waals surface area contributed by atoms with Crippen LogP contribution in [0, 0.1) is 6.92 Å². The molecule has 0 radical (unpaired) electrons. The van der Waals surface area contributed by atoms with E-state index in [0.717, 1.165) is 28.4 Å². The van der Waals surface area contributed by atoms with Crippen LogP contribution in [0.4, 0.5) is 0 Å². The van der Waals surface area contributed by atoms with Crippen molar-refractivity contribution in [1.82, 2.24) is 0 Å². The van der Waals surface area contributed by atoms with Crippen LogP contribution in [-0.2, 0) is 0 Å². The number of hydrogen-bond donors (Lipinski definition) is 1. The molecule has 0 saturated carbocycles. The molecule has 4 nitrogen and oxygen atoms in total. The van der Waals surface area contributed by atoms with Gasteiger partial charge in [0.05, 0.1) is 13.2 Å². The second-order valence-corrected chi connectivity index (χ2v) is 5.19. The Hall–Kier alpha value is -2.20. The minimum Gasteiger partial charge on any atom is -0.496 e. The lowest BCUT2D eigenvalue weighted by molar-refractivity contribution is 0.0715. The van der Waals surface area contributed by atoms with E-state index < -0.39 is 0 Å². The van der Waals surface area contributed by atoms with E-state index in [-0.39, 0.29) is 12.1 Å². The monoisotopic (exact) mass is 285 g/mol. The lowest BCUT2D eigenvalue weighted by Gasteiger charge is -2.31. The third-order valence-electron chi connectivity index (χ3n) is 3.68. The fraction of sp³-hybridized carbons (Fsp3) is 0.294. The van der Waals surface area contributed by atoms with Crippen molar-refractivity contribution in [2.24, 2.45) is 5.73 Å². The molecule has 1 aliphatic heterocycles. The maximum Gasteiger partial charge on any atom is 0.161 e. The molecule has 2 unspecified atom stereocenters. The minimum absolute atomic E-state index is 0.240. The molecule has 0 fully saturated rings. The van der Waals surface area contributed by atoms with Crippen LogP contribution in [0.3, 0.4) is 0 Å². The van der Waals surface area contributed by atoms with E-state index in [0.29, 0.717) is 6.61 Å². The molecule has 2 N–H and O–H groups in total. The van der Waals surface area contributed by atoms with E-state index in [2.05, 4.69) is 0 Å². The Morgan fingerprint density at radius 2 is 1.95 bits per heavy atom. The highest BCUT2D eigenvalue weighted by Crippen LogP contribution is 2.35. The topological polar surface area (TPSA) is 53.7 Å². The second kappa shape index (κ2) is 5.66. The quantitative estimate of drug-likeness (QED) is 0.942. The first-order valence-corrected chi connectivity index (χ1v) is 6.97. The molecule has 2 aromatic rings. The molecule has 110 valence electrons. The summed E-state index contributed by atoms with van der Waals surface area (Å²) in [7, 11) is 1.65. The highest BCUT2D eigenvalue weighted by atomic mass is 16.6. The number of nitrogens with two attached hydrogens (primary N) is 1. The second-order valence-electron chi connectivity index (χ2n) is 5.19. The molecular formula is C17H19NO3. The third kappa shape index (κ3) is 2.67. The van der Waals surface area contributed by atoms with Crippen LogP contribution in [0.1, 0.15) is 17.2 Å². The normalized spacial score (nSPS) is 18.1. The molecule has 0 amide bonds. The van der Waals surface area contributed by atoms with Crippen LogP contribution in [0.25, 0.3) is 0 Å². The van der Waals surface area contributed by atoms with Crippen LogP contribution in [0.2, 0.25) is 0 Å². The number of ether oxygens (including phenoxy) is 3. The summed E-state index contributed by atoms with van der Waals surface area (Å²) < 4.78 is 17.1. The first-order chi connectivity index (χ1) is 10.2. The number of methoxy groups -OCH3 is 1. The first-order valence-electron chi connectivity index (χ1n) is 6.97. The van der Waals surface area contributed by atoms with E-state index in [9.17, 15) is 0 Å². The molecule has 2 aromatic carbocycles. The average Bonchev–Trinajstić information content (AvgIpc) is 2.53. The number of rotatable bonds is 3. The maximum atomic E-state index is 6.39. The zero-order valence-electron chi connectivity index (χ0n) is 12.2. The molecule has 21 heavy (non-hydrogen) atoms. The summed E-state index contributed by atoms with van der Waals surface area (Å²) in [6, 6.07) is 13.3. The Kier molecular flexibility index (Phi) is 3.71. The van der Waals surface area contributed by atoms with Gasteiger partial charge in [-0.05, 0) is 25.1 Å². The molecule has 3 rings (SSSR count). The van der Waals surface area contributed by atoms with Crippen molar-refractivity contribution in [3.8, 4) is 17.2 Å². The standard InChI is InChI=1S/C17H19NO3/c1-11-7-8-13(19-2)12(9-11)17(18)16-10-20-14-5-3-4-6-15(14)21-16/h3-9,16-17H,10,18H2,1-2H3. The van der Waals surface area contributed by atoms with Crippen molar-refractivity contribution in [2.75, 3.05) is 13.7 Å². The third-order valence-corrected chi connectivity index (χ3v) is 3.68. The summed E-state index contributed by atoms with van der Waals surface area (Å²) in [6.45, 7) is 2.46. The van der Waals surface area contributed by atoms with E-state index in [1.807, 2.05) is 49.4 Å². The Labute approximate surface area is 124 Å². The summed E-state index contributed by atoms with van der Waals surface area (Å²) in [5.74, 6) is 2.27. The maximum absolute atomic E-state index is 6.39. The van der Waals surface area contributed by atoms with Crippen LogP contribution < -0.4 is 19.9 Å². The van der Waals surface area contributed by atoms with Crippen molar-refractivity contribution in [3.05, 3.63) is 53.6 Å². The van der Waals surface area contributed by atoms with Crippen molar-refractivity contribution in [3.63, 3.8) is 0 Å². The molecule has 0 bridgehead atoms. The predicted octanol–water partition coefficient (Wildman–Crippen LogP) is 2.84. The summed E-state index contributed by atoms with van der Waals surface area (Å²) >= 11 is 0. The molecule has 0 saturated heterocycles. The molecule has 0 aliphatic carbocycles. The highest BCUT2D eigenvalue weighted by Gasteiger charge is 2.29. The lowest BCUT2D eigenvalue weighted by atomic mass is 9.99. The number of aryl methyl sites for hydroxylation is 1. The van der Waals surface area contributed by atoms with Crippen LogP contribution >= 0.6 is 0 Å². The molecule has 0 aromatic heterocycles. The first kappa shape index (κ1) is 13.8. The van der Waals surface area contributed by atoms with Gasteiger partial charge in [0.15, 0.2) is 17.6 Å². The minimum atomic E-state index is -0.312. The predicted molar refractivity (Wildman–Crippen MR) is 81.0 cm³/mol. The van der Waals surface area contributed by atoms with Crippen molar-refractivity contribution >= 4 is 0 Å². The van der Waals surface area contributed by atoms with Crippen LogP contribution in [-0.4, -0.2) is 19.8 Å². The lowest BCUT2D eigenvalue weighted by Crippen LogP contribution is -2.39. The fourth-order valence-electron chi connectivity index (χ4n) is 2.53. The van der Waals surface area contributed by atoms with E-state index in [1.165, 1.54) is 0 Å². The van der Waals surface area contributed by atoms with Gasteiger partial charge in [-0.25, -0.2) is 0 Å². The number of fused-ring (bicyclic) bond motifs is 1. The largest absolute Gasteiger partial charge is 0.496 e. The van der Waals surface area contributed by atoms with Gasteiger partial charge in [0.25, 0.3) is 0 Å². The van der Waals surface area contributed by atoms with Gasteiger partial charge in [-0.1, -0.05) is 29.8 Å². The van der Waals surface area contributed by atoms with Gasteiger partial charge in [-0.15, -0.1) is 0 Å². The summed E-state index contributed by atoms with van der Waals surface area (Å²) in [5, 5.41) is 0. The smallest absolute Gasteiger partial charge is 0.161 e. The van der Waals surface area contributed by atoms with Crippen molar-refractivity contribution < 1.29 is 14.2 Å². The van der Waals surface area contributed by atoms with Gasteiger partial charge in [-0.3, -0.25) is 0 Å². The Balaban J connectivity index is 1.87.